The maximum Gasteiger partial charge on any atom is 0.252 e. The molecular weight excluding hydrogens is 1490 g/mol. The van der Waals surface area contributed by atoms with E-state index in [0.29, 0.717) is 12.8 Å². The lowest BCUT2D eigenvalue weighted by Crippen LogP contribution is -2.61. The van der Waals surface area contributed by atoms with Gasteiger partial charge in [0.15, 0.2) is 0 Å². The predicted molar refractivity (Wildman–Crippen MR) is 374 cm³/mol. The Labute approximate surface area is 646 Å². The minimum Gasteiger partial charge on any atom is -0.541 e. The number of aliphatic hydroxyl groups excluding tert-OH is 18. The molecule has 39 heteroatoms. The molecule has 16 unspecified atom stereocenters. The number of carbonyl (C=O) groups excluding carboxylic acids is 2. The zero-order valence-electron chi connectivity index (χ0n) is 64.9. The van der Waals surface area contributed by atoms with Gasteiger partial charge in [-0.25, -0.2) is 0 Å². The summed E-state index contributed by atoms with van der Waals surface area (Å²) in [4.78, 5) is 23.1. The lowest BCUT2D eigenvalue weighted by Gasteiger charge is -2.45. The molecule has 8 aliphatic heterocycles. The van der Waals surface area contributed by atoms with Crippen molar-refractivity contribution in [2.45, 2.75) is 262 Å². The van der Waals surface area contributed by atoms with Crippen LogP contribution in [0.15, 0.2) is 0 Å². The van der Waals surface area contributed by atoms with Crippen molar-refractivity contribution in [3.8, 4) is 0 Å². The SMILES string of the molecule is CCC1O[C@@H](COC[C@@H]2C(CC(C)=O)O[C@@H](COC[C@@H]3C(CO)O[C@@H](COC[C@H]4C(CO)O[C@@H](CC)C(O)[C@@H]4O)C(O)[C@@H]3O)C(O)[C@@H]2O)C(O)[C@H](O)[C@@H]1COC.COCC1O[C@@H](COC[C@@H]2C(C)O[C@@H](COC[C@@H]3C(C)O[C@@H](COC[C@@H]4C(C)O[C@@H](COC)C(O)[C@@H]4O)C(O)[C@@H]3O)C(O)[C@@H]2O)C(O)[C@H](O)[C@@H]1OC(=O)[O-].[CH3+]. The normalized spacial score (nSPS) is 45.0. The van der Waals surface area contributed by atoms with Crippen LogP contribution in [0, 0.1) is 48.9 Å². The molecule has 0 amide bonds. The van der Waals surface area contributed by atoms with Gasteiger partial charge in [-0.15, -0.1) is 0 Å². The molecular formula is C72H128O39. The Morgan fingerprint density at radius 2 is 0.541 bits per heavy atom. The third kappa shape index (κ3) is 25.0. The predicted octanol–water partition coefficient (Wildman–Crippen LogP) is -8.74. The number of ether oxygens (including phenoxy) is 18. The monoisotopic (exact) mass is 1620 g/mol. The number of hydrogen-bond acceptors (Lipinski definition) is 39. The molecule has 111 heavy (non-hydrogen) atoms. The quantitative estimate of drug-likeness (QED) is 0.0203. The molecule has 0 aromatic rings. The van der Waals surface area contributed by atoms with Crippen LogP contribution in [0.5, 0.6) is 0 Å². The molecule has 8 rings (SSSR count). The topological polar surface area (TPSA) is 587 Å². The molecule has 650 valence electrons. The molecule has 18 N–H and O–H groups in total. The summed E-state index contributed by atoms with van der Waals surface area (Å²) in [5.41, 5.74) is 0. The van der Waals surface area contributed by atoms with Crippen LogP contribution in [0.2, 0.25) is 0 Å². The number of carboxylic acid groups (broad SMARTS) is 1. The van der Waals surface area contributed by atoms with Crippen molar-refractivity contribution in [1.82, 2.24) is 0 Å². The number of ketones is 1. The highest BCUT2D eigenvalue weighted by Crippen LogP contribution is 2.37. The van der Waals surface area contributed by atoms with Crippen LogP contribution in [-0.2, 0) is 90.1 Å². The molecule has 0 radical (unpaired) electrons. The first-order chi connectivity index (χ1) is 52.3. The maximum absolute atomic E-state index is 12.2. The highest BCUT2D eigenvalue weighted by atomic mass is 16.7. The van der Waals surface area contributed by atoms with Crippen molar-refractivity contribution < 1.29 is 192 Å². The fraction of sp³-hybridized carbons (Fsp3) is 0.958. The van der Waals surface area contributed by atoms with Gasteiger partial charge >= 0.3 is 0 Å². The molecule has 0 aromatic heterocycles. The van der Waals surface area contributed by atoms with Crippen molar-refractivity contribution >= 4 is 11.9 Å². The van der Waals surface area contributed by atoms with Crippen molar-refractivity contribution in [3.05, 3.63) is 7.43 Å². The van der Waals surface area contributed by atoms with Gasteiger partial charge in [-0.1, -0.05) is 13.8 Å². The van der Waals surface area contributed by atoms with Gasteiger partial charge in [0, 0.05) is 76.6 Å². The van der Waals surface area contributed by atoms with Crippen molar-refractivity contribution in [1.29, 1.82) is 0 Å². The summed E-state index contributed by atoms with van der Waals surface area (Å²) in [6.45, 7) is 7.32. The number of carbonyl (C=O) groups is 2. The van der Waals surface area contributed by atoms with Crippen LogP contribution < -0.4 is 5.11 Å². The number of aliphatic hydroxyl groups is 18. The van der Waals surface area contributed by atoms with Crippen molar-refractivity contribution in [3.63, 3.8) is 0 Å². The highest BCUT2D eigenvalue weighted by Gasteiger charge is 2.53. The molecule has 0 spiro atoms. The smallest absolute Gasteiger partial charge is 0.252 e. The summed E-state index contributed by atoms with van der Waals surface area (Å²) in [5.74, 6) is -5.19. The van der Waals surface area contributed by atoms with E-state index in [9.17, 15) is 107 Å². The molecule has 8 fully saturated rings. The fourth-order valence-electron chi connectivity index (χ4n) is 15.9. The maximum atomic E-state index is 12.2. The number of hydrogen-bond donors (Lipinski definition) is 18. The molecule has 8 heterocycles. The van der Waals surface area contributed by atoms with Gasteiger partial charge in [0.25, 0.3) is 6.16 Å². The summed E-state index contributed by atoms with van der Waals surface area (Å²) in [5, 5.41) is 203. The van der Waals surface area contributed by atoms with E-state index in [1.54, 1.807) is 27.7 Å². The molecule has 0 saturated carbocycles. The minimum atomic E-state index is -1.90. The van der Waals surface area contributed by atoms with Crippen molar-refractivity contribution in [2.24, 2.45) is 41.4 Å². The minimum absolute atomic E-state index is 0. The second kappa shape index (κ2) is 46.7. The second-order valence-corrected chi connectivity index (χ2v) is 30.2. The standard InChI is InChI=1S/C37H66O19.C34H60O20.CH3/c1-5-22-18(10-49-4)30(41)35(46)27(53-22)14-50-11-19-24(7-17(3)40)55-28(36(47)31(19)42)15-51-13-21-26(9-39)56-29(37(48)33(21)44)16-52-12-20-25(8-38)54-23(6-2)34(45)32(20)43;1-14-17(25(35)28(38)20(50-14)9-45-4)6-47-11-21-29(39)26(36)18(15(2)51-21)7-48-12-22-30(40)27(37)19(16(3)52-22)8-49-13-23-31(41)32(42)33(54-34(43)44)24(53-23)10-46-5;/h18-39,41-48H,5-16H2,1-4H3;14-33,35-42H,6-13H2,1-5H3,(H,43,44);1H3/q;;+1/p-1/t18-,19-,20+,21-,22?,23+,24?,25?,26?,27+,28+,29+,30-,31-,32-,33-,34?,35?,36?,37?;14?,15?,16?,17-,18-,19-,20+,21+,22+,23+,24?,25-,26-,27-,28?,29?,30?,31?,32+,33-;/m11./s1. The number of rotatable bonds is 37. The first-order valence-electron chi connectivity index (χ1n) is 38.0. The molecule has 8 aliphatic rings. The summed E-state index contributed by atoms with van der Waals surface area (Å²) in [6, 6.07) is 0. The van der Waals surface area contributed by atoms with Gasteiger partial charge in [0.2, 0.25) is 0 Å². The van der Waals surface area contributed by atoms with E-state index >= 15 is 0 Å². The Balaban J connectivity index is 0.000000343. The van der Waals surface area contributed by atoms with Gasteiger partial charge in [-0.2, -0.15) is 0 Å². The van der Waals surface area contributed by atoms with E-state index in [-0.39, 0.29) is 125 Å². The molecule has 40 atom stereocenters. The summed E-state index contributed by atoms with van der Waals surface area (Å²) < 4.78 is 101. The summed E-state index contributed by atoms with van der Waals surface area (Å²) in [6.07, 6.45) is -37.1. The van der Waals surface area contributed by atoms with Crippen LogP contribution in [0.25, 0.3) is 0 Å². The van der Waals surface area contributed by atoms with E-state index in [2.05, 4.69) is 4.74 Å². The molecule has 0 bridgehead atoms. The third-order valence-electron chi connectivity index (χ3n) is 22.7. The Morgan fingerprint density at radius 1 is 0.297 bits per heavy atom. The first-order valence-corrected chi connectivity index (χ1v) is 38.0. The molecule has 0 aromatic carbocycles. The average molecular weight is 1620 g/mol. The van der Waals surface area contributed by atoms with E-state index < -0.39 is 256 Å². The lowest BCUT2D eigenvalue weighted by atomic mass is 9.85. The first kappa shape index (κ1) is 97.2. The zero-order valence-corrected chi connectivity index (χ0v) is 64.9. The average Bonchev–Trinajstić information content (AvgIpc) is 0.742. The van der Waals surface area contributed by atoms with Crippen LogP contribution in [-0.4, -0.2) is 439 Å². The molecule has 39 nitrogen and oxygen atoms in total. The third-order valence-corrected chi connectivity index (χ3v) is 22.7. The van der Waals surface area contributed by atoms with E-state index in [0.717, 1.165) is 0 Å². The second-order valence-electron chi connectivity index (χ2n) is 30.2. The van der Waals surface area contributed by atoms with Gasteiger partial charge in [0.05, 0.1) is 210 Å². The number of Topliss-reactive ketones (excluding diaryl/α,β-unsaturated/α-hetero) is 1. The Morgan fingerprint density at radius 3 is 0.856 bits per heavy atom. The van der Waals surface area contributed by atoms with E-state index in [1.807, 2.05) is 6.92 Å². The van der Waals surface area contributed by atoms with Gasteiger partial charge in [-0.3, -0.25) is 4.79 Å². The van der Waals surface area contributed by atoms with Gasteiger partial charge < -0.3 is 187 Å². The Kier molecular flexibility index (Phi) is 40.9. The van der Waals surface area contributed by atoms with Crippen LogP contribution in [0.3, 0.4) is 0 Å². The Bertz CT molecular complexity index is 2610. The Hall–Kier alpha value is -2.59. The summed E-state index contributed by atoms with van der Waals surface area (Å²) in [7, 11) is 4.30. The van der Waals surface area contributed by atoms with Crippen LogP contribution >= 0.6 is 0 Å². The fourth-order valence-corrected chi connectivity index (χ4v) is 15.9. The largest absolute Gasteiger partial charge is 0.541 e. The molecule has 0 aliphatic carbocycles. The molecule has 8 saturated heterocycles. The van der Waals surface area contributed by atoms with E-state index in [1.165, 1.54) is 28.3 Å². The summed E-state index contributed by atoms with van der Waals surface area (Å²) >= 11 is 0. The zero-order chi connectivity index (χ0) is 81.1. The lowest BCUT2D eigenvalue weighted by molar-refractivity contribution is -0.311. The van der Waals surface area contributed by atoms with E-state index in [4.69, 9.17) is 80.5 Å². The van der Waals surface area contributed by atoms with Crippen LogP contribution in [0.4, 0.5) is 4.79 Å². The highest BCUT2D eigenvalue weighted by molar-refractivity contribution is 5.76. The van der Waals surface area contributed by atoms with Crippen molar-refractivity contribution in [2.75, 3.05) is 134 Å². The van der Waals surface area contributed by atoms with Gasteiger partial charge in [-0.05, 0) is 40.5 Å². The van der Waals surface area contributed by atoms with Crippen LogP contribution in [0.1, 0.15) is 60.8 Å². The number of methoxy groups -OCH3 is 3. The van der Waals surface area contributed by atoms with Gasteiger partial charge in [0.1, 0.15) is 110 Å².